The molecule has 2 saturated heterocycles. The molecule has 0 N–H and O–H groups in total. The van der Waals surface area contributed by atoms with E-state index in [1.807, 2.05) is 30.8 Å². The Morgan fingerprint density at radius 2 is 1.97 bits per heavy atom. The normalized spacial score (nSPS) is 18.4. The summed E-state index contributed by atoms with van der Waals surface area (Å²) in [5.74, 6) is 2.55. The van der Waals surface area contributed by atoms with Crippen LogP contribution in [-0.2, 0) is 4.79 Å². The number of thioether (sulfide) groups is 2. The highest BCUT2D eigenvalue weighted by atomic mass is 32.2. The molecular weight excluding hydrogens is 460 g/mol. The molecule has 0 atom stereocenters. The zero-order chi connectivity index (χ0) is 22.7. The van der Waals surface area contributed by atoms with Gasteiger partial charge in [0.1, 0.15) is 15.8 Å². The molecule has 2 fully saturated rings. The Labute approximate surface area is 202 Å². The number of hydrogen-bond acceptors (Lipinski definition) is 7. The van der Waals surface area contributed by atoms with Crippen LogP contribution in [0.2, 0.25) is 0 Å². The van der Waals surface area contributed by atoms with Gasteiger partial charge in [0, 0.05) is 37.3 Å². The first-order valence-corrected chi connectivity index (χ1v) is 13.5. The highest BCUT2D eigenvalue weighted by molar-refractivity contribution is 8.26. The zero-order valence-corrected chi connectivity index (χ0v) is 21.0. The van der Waals surface area contributed by atoms with E-state index in [1.165, 1.54) is 11.8 Å². The Kier molecular flexibility index (Phi) is 7.58. The fourth-order valence-corrected chi connectivity index (χ4v) is 6.16. The van der Waals surface area contributed by atoms with Gasteiger partial charge in [-0.2, -0.15) is 11.8 Å². The van der Waals surface area contributed by atoms with Crippen LogP contribution in [0.5, 0.6) is 0 Å². The van der Waals surface area contributed by atoms with Crippen molar-refractivity contribution in [2.75, 3.05) is 36.0 Å². The van der Waals surface area contributed by atoms with Crippen molar-refractivity contribution in [1.29, 1.82) is 0 Å². The molecule has 4 rings (SSSR count). The number of fused-ring (bicyclic) bond motifs is 1. The van der Waals surface area contributed by atoms with Gasteiger partial charge in [0.05, 0.1) is 10.5 Å². The third-order valence-corrected chi connectivity index (χ3v) is 8.08. The van der Waals surface area contributed by atoms with Gasteiger partial charge in [0.15, 0.2) is 0 Å². The number of anilines is 1. The van der Waals surface area contributed by atoms with Gasteiger partial charge in [0.2, 0.25) is 0 Å². The highest BCUT2D eigenvalue weighted by Crippen LogP contribution is 2.34. The van der Waals surface area contributed by atoms with Crippen LogP contribution in [0.1, 0.15) is 43.7 Å². The summed E-state index contributed by atoms with van der Waals surface area (Å²) in [6, 6.07) is 3.81. The van der Waals surface area contributed by atoms with Gasteiger partial charge in [-0.15, -0.1) is 0 Å². The molecular formula is C23H28N4O2S3. The molecule has 2 aliphatic rings. The fraction of sp³-hybridized carbons (Fsp3) is 0.478. The summed E-state index contributed by atoms with van der Waals surface area (Å²) in [5, 5.41) is 0. The lowest BCUT2D eigenvalue weighted by molar-refractivity contribution is -0.122. The number of nitrogens with zero attached hydrogens (tertiary/aromatic N) is 4. The molecule has 2 aliphatic heterocycles. The highest BCUT2D eigenvalue weighted by Gasteiger charge is 2.32. The predicted molar refractivity (Wildman–Crippen MR) is 140 cm³/mol. The van der Waals surface area contributed by atoms with Crippen LogP contribution >= 0.6 is 35.7 Å². The summed E-state index contributed by atoms with van der Waals surface area (Å²) in [6.07, 6.45) is 7.77. The van der Waals surface area contributed by atoms with Gasteiger partial charge in [-0.25, -0.2) is 4.98 Å². The standard InChI is InChI=1S/C23H28N4O2S3/c1-3-4-5-6-9-27-22(29)18(32-23(27)30)15-17-20(25-11-13-31-14-12-25)24-19-16(2)8-7-10-26(19)21(17)28/h7-8,10,15H,3-6,9,11-14H2,1-2H3. The van der Waals surface area contributed by atoms with Gasteiger partial charge >= 0.3 is 0 Å². The Morgan fingerprint density at radius 1 is 1.19 bits per heavy atom. The van der Waals surface area contributed by atoms with Crippen LogP contribution in [0.15, 0.2) is 28.0 Å². The molecule has 0 aliphatic carbocycles. The summed E-state index contributed by atoms with van der Waals surface area (Å²) in [6.45, 7) is 6.42. The Hall–Kier alpha value is -1.84. The molecule has 0 unspecified atom stereocenters. The van der Waals surface area contributed by atoms with E-state index < -0.39 is 0 Å². The van der Waals surface area contributed by atoms with Crippen molar-refractivity contribution in [2.45, 2.75) is 39.5 Å². The molecule has 170 valence electrons. The van der Waals surface area contributed by atoms with E-state index in [4.69, 9.17) is 17.2 Å². The SMILES string of the molecule is CCCCCCN1C(=O)C(=Cc2c(N3CCSCC3)nc3c(C)cccn3c2=O)SC1=S. The number of unbranched alkanes of at least 4 members (excludes halogenated alkanes) is 3. The topological polar surface area (TPSA) is 57.9 Å². The minimum Gasteiger partial charge on any atom is -0.354 e. The van der Waals surface area contributed by atoms with Gasteiger partial charge in [-0.1, -0.05) is 56.2 Å². The number of pyridine rings is 1. The largest absolute Gasteiger partial charge is 0.354 e. The Balaban J connectivity index is 1.74. The summed E-state index contributed by atoms with van der Waals surface area (Å²) in [5.41, 5.74) is 1.92. The van der Waals surface area contributed by atoms with Gasteiger partial charge < -0.3 is 4.90 Å². The number of rotatable bonds is 7. The third-order valence-electron chi connectivity index (χ3n) is 5.76. The number of carbonyl (C=O) groups is 1. The number of carbonyl (C=O) groups excluding carboxylic acids is 1. The van der Waals surface area contributed by atoms with Crippen molar-refractivity contribution < 1.29 is 4.79 Å². The molecule has 0 spiro atoms. The molecule has 9 heteroatoms. The predicted octanol–water partition coefficient (Wildman–Crippen LogP) is 4.34. The monoisotopic (exact) mass is 488 g/mol. The number of aryl methyl sites for hydroxylation is 1. The lowest BCUT2D eigenvalue weighted by atomic mass is 10.2. The quantitative estimate of drug-likeness (QED) is 0.326. The first-order chi connectivity index (χ1) is 15.5. The van der Waals surface area contributed by atoms with Crippen molar-refractivity contribution in [3.63, 3.8) is 0 Å². The van der Waals surface area contributed by atoms with E-state index >= 15 is 0 Å². The van der Waals surface area contributed by atoms with Crippen LogP contribution in [0.4, 0.5) is 5.82 Å². The van der Waals surface area contributed by atoms with Crippen molar-refractivity contribution in [2.24, 2.45) is 0 Å². The molecule has 0 bridgehead atoms. The second-order valence-corrected chi connectivity index (χ2v) is 10.9. The van der Waals surface area contributed by atoms with E-state index in [-0.39, 0.29) is 11.5 Å². The van der Waals surface area contributed by atoms with Crippen LogP contribution in [0.25, 0.3) is 11.7 Å². The Morgan fingerprint density at radius 3 is 2.72 bits per heavy atom. The fourth-order valence-electron chi connectivity index (χ4n) is 3.96. The van der Waals surface area contributed by atoms with Crippen LogP contribution in [0, 0.1) is 6.92 Å². The average molecular weight is 489 g/mol. The van der Waals surface area contributed by atoms with Crippen LogP contribution in [0.3, 0.4) is 0 Å². The van der Waals surface area contributed by atoms with Crippen molar-refractivity contribution >= 4 is 63.5 Å². The lowest BCUT2D eigenvalue weighted by Crippen LogP contribution is -2.36. The molecule has 0 saturated carbocycles. The maximum absolute atomic E-state index is 13.5. The lowest BCUT2D eigenvalue weighted by Gasteiger charge is -2.29. The molecule has 32 heavy (non-hydrogen) atoms. The molecule has 1 amide bonds. The third kappa shape index (κ3) is 4.75. The smallest absolute Gasteiger partial charge is 0.267 e. The molecule has 0 radical (unpaired) electrons. The molecule has 6 nitrogen and oxygen atoms in total. The molecule has 2 aromatic heterocycles. The van der Waals surface area contributed by atoms with Gasteiger partial charge in [0.25, 0.3) is 11.5 Å². The van der Waals surface area contributed by atoms with E-state index in [0.717, 1.165) is 55.8 Å². The zero-order valence-electron chi connectivity index (χ0n) is 18.5. The first-order valence-electron chi connectivity index (χ1n) is 11.1. The molecule has 4 heterocycles. The van der Waals surface area contributed by atoms with E-state index in [2.05, 4.69) is 11.8 Å². The van der Waals surface area contributed by atoms with E-state index in [9.17, 15) is 9.59 Å². The number of thiocarbonyl (C=S) groups is 1. The van der Waals surface area contributed by atoms with E-state index in [0.29, 0.717) is 32.8 Å². The van der Waals surface area contributed by atoms with E-state index in [1.54, 1.807) is 21.6 Å². The number of hydrogen-bond donors (Lipinski definition) is 0. The average Bonchev–Trinajstić information content (AvgIpc) is 3.06. The van der Waals surface area contributed by atoms with Crippen LogP contribution < -0.4 is 10.5 Å². The summed E-state index contributed by atoms with van der Waals surface area (Å²) in [4.78, 5) is 35.9. The second-order valence-electron chi connectivity index (χ2n) is 8.03. The molecule has 0 aromatic carbocycles. The molecule has 2 aromatic rings. The minimum atomic E-state index is -0.153. The first kappa shape index (κ1) is 23.3. The number of aromatic nitrogens is 2. The second kappa shape index (κ2) is 10.4. The van der Waals surface area contributed by atoms with Crippen molar-refractivity contribution in [3.8, 4) is 0 Å². The van der Waals surface area contributed by atoms with Crippen molar-refractivity contribution in [1.82, 2.24) is 14.3 Å². The summed E-state index contributed by atoms with van der Waals surface area (Å²) >= 11 is 8.68. The Bertz CT molecular complexity index is 1120. The maximum Gasteiger partial charge on any atom is 0.267 e. The van der Waals surface area contributed by atoms with Gasteiger partial charge in [-0.3, -0.25) is 18.9 Å². The van der Waals surface area contributed by atoms with Crippen molar-refractivity contribution in [3.05, 3.63) is 44.7 Å². The number of amides is 1. The minimum absolute atomic E-state index is 0.106. The summed E-state index contributed by atoms with van der Waals surface area (Å²) in [7, 11) is 0. The maximum atomic E-state index is 13.5. The van der Waals surface area contributed by atoms with Crippen LogP contribution in [-0.4, -0.2) is 55.7 Å². The van der Waals surface area contributed by atoms with Gasteiger partial charge in [-0.05, 0) is 31.1 Å². The summed E-state index contributed by atoms with van der Waals surface area (Å²) < 4.78 is 2.15.